The van der Waals surface area contributed by atoms with Gasteiger partial charge < -0.3 is 21.3 Å². The van der Waals surface area contributed by atoms with Crippen molar-refractivity contribution < 1.29 is 9.59 Å². The summed E-state index contributed by atoms with van der Waals surface area (Å²) in [6, 6.07) is 20.0. The highest BCUT2D eigenvalue weighted by Crippen LogP contribution is 2.37. The lowest BCUT2D eigenvalue weighted by molar-refractivity contribution is -0.123. The van der Waals surface area contributed by atoms with Crippen molar-refractivity contribution in [2.24, 2.45) is 5.92 Å². The lowest BCUT2D eigenvalue weighted by atomic mass is 9.84. The zero-order chi connectivity index (χ0) is 26.7. The standard InChI is InChI=1S/C30H38N6O2/c1-21-27(32-18-17-31-22(2)37)35-29(25-15-7-4-8-16-25)36-28(21)33-19-20-34-30(38)26(24-13-9-10-14-24)23-11-5-3-6-12-23/h3-8,11-12,15-16,24,26H,9-10,13-14,17-20H2,1-2H3,(H,31,37)(H,34,38)(H2,32,33,35,36). The van der Waals surface area contributed by atoms with Crippen LogP contribution in [0, 0.1) is 12.8 Å². The van der Waals surface area contributed by atoms with Crippen LogP contribution in [0.1, 0.15) is 49.7 Å². The molecule has 1 aromatic heterocycles. The summed E-state index contributed by atoms with van der Waals surface area (Å²) in [6.45, 7) is 5.53. The molecule has 8 nitrogen and oxygen atoms in total. The zero-order valence-corrected chi connectivity index (χ0v) is 22.3. The SMILES string of the molecule is CC(=O)NCCNc1nc(-c2ccccc2)nc(NCCNC(=O)C(c2ccccc2)C2CCCC2)c1C. The van der Waals surface area contributed by atoms with E-state index in [0.29, 0.717) is 49.6 Å². The van der Waals surface area contributed by atoms with E-state index in [-0.39, 0.29) is 17.7 Å². The van der Waals surface area contributed by atoms with E-state index >= 15 is 0 Å². The molecule has 0 bridgehead atoms. The highest BCUT2D eigenvalue weighted by Gasteiger charge is 2.31. The van der Waals surface area contributed by atoms with Gasteiger partial charge in [0.2, 0.25) is 11.8 Å². The van der Waals surface area contributed by atoms with Gasteiger partial charge in [0, 0.05) is 44.2 Å². The highest BCUT2D eigenvalue weighted by molar-refractivity contribution is 5.84. The van der Waals surface area contributed by atoms with E-state index in [2.05, 4.69) is 33.4 Å². The second-order valence-electron chi connectivity index (χ2n) is 9.80. The topological polar surface area (TPSA) is 108 Å². The number of nitrogens with one attached hydrogen (secondary N) is 4. The van der Waals surface area contributed by atoms with Crippen molar-refractivity contribution in [3.63, 3.8) is 0 Å². The monoisotopic (exact) mass is 514 g/mol. The molecule has 2 aromatic carbocycles. The van der Waals surface area contributed by atoms with Crippen LogP contribution in [0.5, 0.6) is 0 Å². The van der Waals surface area contributed by atoms with Crippen LogP contribution in [0.15, 0.2) is 60.7 Å². The van der Waals surface area contributed by atoms with Gasteiger partial charge in [-0.1, -0.05) is 73.5 Å². The van der Waals surface area contributed by atoms with E-state index in [9.17, 15) is 9.59 Å². The first-order valence-electron chi connectivity index (χ1n) is 13.5. The summed E-state index contributed by atoms with van der Waals surface area (Å²) in [6.07, 6.45) is 4.60. The van der Waals surface area contributed by atoms with Crippen LogP contribution in [0.25, 0.3) is 11.4 Å². The third-order valence-corrected chi connectivity index (χ3v) is 7.00. The molecule has 1 unspecified atom stereocenters. The van der Waals surface area contributed by atoms with Crippen molar-refractivity contribution in [2.45, 2.75) is 45.4 Å². The van der Waals surface area contributed by atoms with Gasteiger partial charge in [-0.25, -0.2) is 9.97 Å². The Balaban J connectivity index is 1.42. The number of rotatable bonds is 12. The van der Waals surface area contributed by atoms with Crippen molar-refractivity contribution >= 4 is 23.5 Å². The molecule has 1 aliphatic carbocycles. The molecule has 0 saturated heterocycles. The summed E-state index contributed by atoms with van der Waals surface area (Å²) >= 11 is 0. The van der Waals surface area contributed by atoms with Crippen molar-refractivity contribution in [1.29, 1.82) is 0 Å². The zero-order valence-electron chi connectivity index (χ0n) is 22.3. The van der Waals surface area contributed by atoms with Gasteiger partial charge in [-0.3, -0.25) is 9.59 Å². The fourth-order valence-electron chi connectivity index (χ4n) is 5.06. The smallest absolute Gasteiger partial charge is 0.227 e. The van der Waals surface area contributed by atoms with Gasteiger partial charge in [-0.15, -0.1) is 0 Å². The molecular weight excluding hydrogens is 476 g/mol. The molecule has 38 heavy (non-hydrogen) atoms. The quantitative estimate of drug-likeness (QED) is 0.265. The van der Waals surface area contributed by atoms with Crippen LogP contribution in [0.3, 0.4) is 0 Å². The molecule has 1 saturated carbocycles. The summed E-state index contributed by atoms with van der Waals surface area (Å²) in [4.78, 5) is 34.0. The molecule has 8 heteroatoms. The summed E-state index contributed by atoms with van der Waals surface area (Å²) < 4.78 is 0. The minimum Gasteiger partial charge on any atom is -0.368 e. The predicted octanol–water partition coefficient (Wildman–Crippen LogP) is 4.50. The van der Waals surface area contributed by atoms with Crippen molar-refractivity contribution in [3.8, 4) is 11.4 Å². The van der Waals surface area contributed by atoms with E-state index in [0.717, 1.165) is 29.5 Å². The Morgan fingerprint density at radius 3 is 1.95 bits per heavy atom. The Kier molecular flexibility index (Phi) is 9.67. The first kappa shape index (κ1) is 27.1. The Morgan fingerprint density at radius 2 is 1.37 bits per heavy atom. The highest BCUT2D eigenvalue weighted by atomic mass is 16.2. The average molecular weight is 515 g/mol. The number of carbonyl (C=O) groups is 2. The summed E-state index contributed by atoms with van der Waals surface area (Å²) in [7, 11) is 0. The van der Waals surface area contributed by atoms with Gasteiger partial charge >= 0.3 is 0 Å². The number of anilines is 2. The molecule has 3 aromatic rings. The minimum absolute atomic E-state index is 0.0666. The molecule has 0 spiro atoms. The summed E-state index contributed by atoms with van der Waals surface area (Å²) in [5, 5.41) is 12.7. The van der Waals surface area contributed by atoms with Gasteiger partial charge in [0.05, 0.1) is 5.92 Å². The van der Waals surface area contributed by atoms with Gasteiger partial charge in [-0.2, -0.15) is 0 Å². The lowest BCUT2D eigenvalue weighted by Crippen LogP contribution is -2.35. The number of hydrogen-bond donors (Lipinski definition) is 4. The molecule has 1 atom stereocenters. The second kappa shape index (κ2) is 13.6. The third kappa shape index (κ3) is 7.31. The number of aromatic nitrogens is 2. The number of nitrogens with zero attached hydrogens (tertiary/aromatic N) is 2. The Bertz CT molecular complexity index is 1200. The van der Waals surface area contributed by atoms with Gasteiger partial charge in [0.1, 0.15) is 11.6 Å². The van der Waals surface area contributed by atoms with Crippen LogP contribution in [0.4, 0.5) is 11.6 Å². The Morgan fingerprint density at radius 1 is 0.816 bits per heavy atom. The van der Waals surface area contributed by atoms with E-state index < -0.39 is 0 Å². The number of benzene rings is 2. The minimum atomic E-state index is -0.108. The normalized spacial score (nSPS) is 14.1. The molecule has 1 heterocycles. The van der Waals surface area contributed by atoms with Crippen LogP contribution in [-0.2, 0) is 9.59 Å². The van der Waals surface area contributed by atoms with Crippen molar-refractivity contribution in [2.75, 3.05) is 36.8 Å². The molecule has 200 valence electrons. The Hall–Kier alpha value is -3.94. The number of hydrogen-bond acceptors (Lipinski definition) is 6. The maximum Gasteiger partial charge on any atom is 0.227 e. The lowest BCUT2D eigenvalue weighted by Gasteiger charge is -2.23. The van der Waals surface area contributed by atoms with Gasteiger partial charge in [-0.05, 0) is 31.2 Å². The summed E-state index contributed by atoms with van der Waals surface area (Å²) in [5.41, 5.74) is 2.89. The van der Waals surface area contributed by atoms with Crippen LogP contribution < -0.4 is 21.3 Å². The molecule has 4 rings (SSSR count). The fraction of sp³-hybridized carbons (Fsp3) is 0.400. The largest absolute Gasteiger partial charge is 0.368 e. The Labute approximate surface area is 225 Å². The van der Waals surface area contributed by atoms with Crippen LogP contribution >= 0.6 is 0 Å². The average Bonchev–Trinajstić information content (AvgIpc) is 3.46. The third-order valence-electron chi connectivity index (χ3n) is 7.00. The molecule has 1 aliphatic rings. The molecular formula is C30H38N6O2. The number of amides is 2. The second-order valence-corrected chi connectivity index (χ2v) is 9.80. The fourth-order valence-corrected chi connectivity index (χ4v) is 5.06. The first-order chi connectivity index (χ1) is 18.5. The van der Waals surface area contributed by atoms with Crippen LogP contribution in [-0.4, -0.2) is 48.0 Å². The van der Waals surface area contributed by atoms with Gasteiger partial charge in [0.15, 0.2) is 5.82 Å². The molecule has 0 aliphatic heterocycles. The van der Waals surface area contributed by atoms with E-state index in [1.807, 2.05) is 55.5 Å². The van der Waals surface area contributed by atoms with E-state index in [1.165, 1.54) is 19.8 Å². The molecule has 2 amide bonds. The molecule has 0 radical (unpaired) electrons. The maximum absolute atomic E-state index is 13.3. The van der Waals surface area contributed by atoms with Gasteiger partial charge in [0.25, 0.3) is 0 Å². The van der Waals surface area contributed by atoms with Crippen LogP contribution in [0.2, 0.25) is 0 Å². The first-order valence-corrected chi connectivity index (χ1v) is 13.5. The van der Waals surface area contributed by atoms with E-state index in [4.69, 9.17) is 9.97 Å². The number of carbonyl (C=O) groups excluding carboxylic acids is 2. The summed E-state index contributed by atoms with van der Waals surface area (Å²) in [5.74, 6) is 2.34. The maximum atomic E-state index is 13.3. The molecule has 1 fully saturated rings. The molecule has 4 N–H and O–H groups in total. The predicted molar refractivity (Wildman–Crippen MR) is 152 cm³/mol. The van der Waals surface area contributed by atoms with Crippen molar-refractivity contribution in [3.05, 3.63) is 71.8 Å². The van der Waals surface area contributed by atoms with E-state index in [1.54, 1.807) is 0 Å². The van der Waals surface area contributed by atoms with Crippen molar-refractivity contribution in [1.82, 2.24) is 20.6 Å².